The van der Waals surface area contributed by atoms with Crippen molar-refractivity contribution < 1.29 is 12.8 Å². The van der Waals surface area contributed by atoms with Crippen LogP contribution in [0.1, 0.15) is 13.3 Å². The molecular formula is C10H15FN2O2S. The Morgan fingerprint density at radius 1 is 1.50 bits per heavy atom. The lowest BCUT2D eigenvalue weighted by Crippen LogP contribution is -2.20. The molecule has 1 aromatic rings. The maximum atomic E-state index is 12.7. The fraction of sp³-hybridized carbons (Fsp3) is 0.500. The first-order valence-corrected chi connectivity index (χ1v) is 7.00. The molecule has 0 amide bonds. The number of anilines is 1. The molecule has 0 aliphatic rings. The molecule has 0 aromatic carbocycles. The molecule has 6 heteroatoms. The van der Waals surface area contributed by atoms with Gasteiger partial charge in [-0.1, -0.05) is 6.07 Å². The van der Waals surface area contributed by atoms with Crippen LogP contribution in [-0.2, 0) is 9.84 Å². The number of pyridine rings is 1. The fourth-order valence-electron chi connectivity index (χ4n) is 1.20. The van der Waals surface area contributed by atoms with Gasteiger partial charge in [0.25, 0.3) is 0 Å². The molecule has 16 heavy (non-hydrogen) atoms. The second-order valence-electron chi connectivity index (χ2n) is 3.81. The van der Waals surface area contributed by atoms with E-state index in [-0.39, 0.29) is 11.8 Å². The molecule has 0 aliphatic carbocycles. The smallest absolute Gasteiger partial charge is 0.214 e. The maximum Gasteiger partial charge on any atom is 0.214 e. The highest BCUT2D eigenvalue weighted by molar-refractivity contribution is 7.90. The number of halogens is 1. The van der Waals surface area contributed by atoms with Gasteiger partial charge >= 0.3 is 0 Å². The van der Waals surface area contributed by atoms with E-state index in [2.05, 4.69) is 10.3 Å². The highest BCUT2D eigenvalue weighted by Crippen LogP contribution is 2.07. The molecule has 0 spiro atoms. The van der Waals surface area contributed by atoms with E-state index in [9.17, 15) is 12.8 Å². The minimum atomic E-state index is -2.95. The van der Waals surface area contributed by atoms with Gasteiger partial charge < -0.3 is 5.32 Å². The van der Waals surface area contributed by atoms with E-state index in [1.807, 2.05) is 6.92 Å². The van der Waals surface area contributed by atoms with Crippen LogP contribution in [0.5, 0.6) is 0 Å². The number of hydrogen-bond donors (Lipinski definition) is 1. The average molecular weight is 246 g/mol. The molecule has 0 fully saturated rings. The van der Waals surface area contributed by atoms with Crippen LogP contribution < -0.4 is 5.32 Å². The average Bonchev–Trinajstić information content (AvgIpc) is 2.14. The molecule has 0 bridgehead atoms. The Bertz CT molecular complexity index is 448. The maximum absolute atomic E-state index is 12.7. The Hall–Kier alpha value is -1.17. The summed E-state index contributed by atoms with van der Waals surface area (Å²) in [5, 5.41) is 2.94. The summed E-state index contributed by atoms with van der Waals surface area (Å²) >= 11 is 0. The van der Waals surface area contributed by atoms with E-state index in [1.165, 1.54) is 12.3 Å². The van der Waals surface area contributed by atoms with Gasteiger partial charge in [-0.05, 0) is 25.5 Å². The van der Waals surface area contributed by atoms with E-state index in [4.69, 9.17) is 0 Å². The van der Waals surface area contributed by atoms with Crippen molar-refractivity contribution in [1.29, 1.82) is 0 Å². The Morgan fingerprint density at radius 2 is 2.19 bits per heavy atom. The van der Waals surface area contributed by atoms with Gasteiger partial charge in [0, 0.05) is 12.3 Å². The summed E-state index contributed by atoms with van der Waals surface area (Å²) in [6, 6.07) is 4.38. The fourth-order valence-corrected chi connectivity index (χ4v) is 1.99. The van der Waals surface area contributed by atoms with Crippen LogP contribution in [0, 0.1) is 5.95 Å². The number of hydrogen-bond acceptors (Lipinski definition) is 4. The molecule has 4 nitrogen and oxygen atoms in total. The zero-order chi connectivity index (χ0) is 12.2. The molecule has 1 rings (SSSR count). The van der Waals surface area contributed by atoms with Crippen LogP contribution in [0.25, 0.3) is 0 Å². The summed E-state index contributed by atoms with van der Waals surface area (Å²) in [4.78, 5) is 3.63. The Balaban J connectivity index is 2.49. The highest BCUT2D eigenvalue weighted by Gasteiger charge is 2.08. The quantitative estimate of drug-likeness (QED) is 0.799. The van der Waals surface area contributed by atoms with E-state index in [0.717, 1.165) is 0 Å². The van der Waals surface area contributed by atoms with Gasteiger partial charge in [-0.15, -0.1) is 0 Å². The lowest BCUT2D eigenvalue weighted by molar-refractivity contribution is 0.582. The first kappa shape index (κ1) is 12.9. The number of aromatic nitrogens is 1. The monoisotopic (exact) mass is 246 g/mol. The summed E-state index contributed by atoms with van der Waals surface area (Å²) in [6.45, 7) is 1.83. The molecule has 1 atom stereocenters. The van der Waals surface area contributed by atoms with E-state index in [0.29, 0.717) is 12.2 Å². The van der Waals surface area contributed by atoms with Crippen molar-refractivity contribution in [3.63, 3.8) is 0 Å². The Kier molecular flexibility index (Phi) is 4.23. The minimum Gasteiger partial charge on any atom is -0.367 e. The van der Waals surface area contributed by atoms with E-state index < -0.39 is 15.8 Å². The van der Waals surface area contributed by atoms with Gasteiger partial charge in [0.15, 0.2) is 0 Å². The van der Waals surface area contributed by atoms with Crippen LogP contribution >= 0.6 is 0 Å². The molecular weight excluding hydrogens is 231 g/mol. The van der Waals surface area contributed by atoms with Crippen LogP contribution in [-0.4, -0.2) is 31.5 Å². The highest BCUT2D eigenvalue weighted by atomic mass is 32.2. The third kappa shape index (κ3) is 5.06. The molecule has 0 aliphatic heterocycles. The van der Waals surface area contributed by atoms with Crippen LogP contribution in [0.3, 0.4) is 0 Å². The van der Waals surface area contributed by atoms with Crippen molar-refractivity contribution in [2.75, 3.05) is 17.3 Å². The summed E-state index contributed by atoms with van der Waals surface area (Å²) in [7, 11) is -2.95. The zero-order valence-corrected chi connectivity index (χ0v) is 10.1. The van der Waals surface area contributed by atoms with Crippen LogP contribution in [0.15, 0.2) is 18.2 Å². The normalized spacial score (nSPS) is 13.4. The Labute approximate surface area is 94.8 Å². The summed E-state index contributed by atoms with van der Waals surface area (Å²) < 4.78 is 34.6. The number of sulfone groups is 1. The Morgan fingerprint density at radius 3 is 2.75 bits per heavy atom. The second-order valence-corrected chi connectivity index (χ2v) is 6.07. The zero-order valence-electron chi connectivity index (χ0n) is 9.27. The molecule has 1 unspecified atom stereocenters. The van der Waals surface area contributed by atoms with E-state index >= 15 is 0 Å². The molecule has 1 heterocycles. The summed E-state index contributed by atoms with van der Waals surface area (Å²) in [5.74, 6) is -0.0301. The number of nitrogens with one attached hydrogen (secondary N) is 1. The lowest BCUT2D eigenvalue weighted by atomic mass is 10.2. The molecule has 0 radical (unpaired) electrons. The summed E-state index contributed by atoms with van der Waals surface area (Å²) in [5.41, 5.74) is 0. The SMILES string of the molecule is CC(CCS(C)(=O)=O)Nc1cccc(F)n1. The number of nitrogens with zero attached hydrogens (tertiary/aromatic N) is 1. The first-order chi connectivity index (χ1) is 7.37. The standard InChI is InChI=1S/C10H15FN2O2S/c1-8(6-7-16(2,14)15)12-10-5-3-4-9(11)13-10/h3-5,8H,6-7H2,1-2H3,(H,12,13). The van der Waals surface area contributed by atoms with Crippen molar-refractivity contribution in [2.45, 2.75) is 19.4 Å². The van der Waals surface area contributed by atoms with Crippen molar-refractivity contribution in [2.24, 2.45) is 0 Å². The molecule has 90 valence electrons. The van der Waals surface area contributed by atoms with Crippen molar-refractivity contribution in [3.8, 4) is 0 Å². The van der Waals surface area contributed by atoms with Crippen molar-refractivity contribution in [1.82, 2.24) is 4.98 Å². The van der Waals surface area contributed by atoms with Gasteiger partial charge in [-0.3, -0.25) is 0 Å². The van der Waals surface area contributed by atoms with Crippen LogP contribution in [0.4, 0.5) is 10.2 Å². The topological polar surface area (TPSA) is 59.1 Å². The first-order valence-electron chi connectivity index (χ1n) is 4.93. The van der Waals surface area contributed by atoms with Gasteiger partial charge in [-0.25, -0.2) is 13.4 Å². The third-order valence-electron chi connectivity index (χ3n) is 2.03. The summed E-state index contributed by atoms with van der Waals surface area (Å²) in [6.07, 6.45) is 1.66. The molecule has 1 N–H and O–H groups in total. The van der Waals surface area contributed by atoms with Gasteiger partial charge in [-0.2, -0.15) is 4.39 Å². The van der Waals surface area contributed by atoms with Gasteiger partial charge in [0.1, 0.15) is 15.7 Å². The predicted molar refractivity (Wildman–Crippen MR) is 61.6 cm³/mol. The van der Waals surface area contributed by atoms with Gasteiger partial charge in [0.2, 0.25) is 5.95 Å². The second kappa shape index (κ2) is 5.25. The van der Waals surface area contributed by atoms with Gasteiger partial charge in [0.05, 0.1) is 5.75 Å². The third-order valence-corrected chi connectivity index (χ3v) is 3.01. The molecule has 1 aromatic heterocycles. The lowest BCUT2D eigenvalue weighted by Gasteiger charge is -2.13. The van der Waals surface area contributed by atoms with Crippen molar-refractivity contribution in [3.05, 3.63) is 24.1 Å². The minimum absolute atomic E-state index is 0.0657. The largest absolute Gasteiger partial charge is 0.367 e. The van der Waals surface area contributed by atoms with Crippen molar-refractivity contribution >= 4 is 15.7 Å². The predicted octanol–water partition coefficient (Wildman–Crippen LogP) is 1.46. The molecule has 0 saturated carbocycles. The number of rotatable bonds is 5. The molecule has 0 saturated heterocycles. The van der Waals surface area contributed by atoms with E-state index in [1.54, 1.807) is 12.1 Å². The van der Waals surface area contributed by atoms with Crippen LogP contribution in [0.2, 0.25) is 0 Å².